The molecule has 0 atom stereocenters. The summed E-state index contributed by atoms with van der Waals surface area (Å²) in [6, 6.07) is 13.6. The van der Waals surface area contributed by atoms with Crippen molar-refractivity contribution in [2.75, 3.05) is 0 Å². The molecular formula is C21H19FN4O2. The molecule has 2 heterocycles. The number of imidazole rings is 1. The van der Waals surface area contributed by atoms with Crippen LogP contribution in [0.1, 0.15) is 18.1 Å². The van der Waals surface area contributed by atoms with E-state index >= 15 is 0 Å². The minimum Gasteiger partial charge on any atom is -0.320 e. The van der Waals surface area contributed by atoms with E-state index < -0.39 is 11.5 Å². The van der Waals surface area contributed by atoms with Crippen LogP contribution < -0.4 is 11.2 Å². The molecule has 0 amide bonds. The fourth-order valence-corrected chi connectivity index (χ4v) is 3.29. The maximum absolute atomic E-state index is 13.3. The smallest absolute Gasteiger partial charge is 0.320 e. The van der Waals surface area contributed by atoms with Gasteiger partial charge in [-0.3, -0.25) is 9.36 Å². The predicted octanol–water partition coefficient (Wildman–Crippen LogP) is 2.86. The average molecular weight is 378 g/mol. The van der Waals surface area contributed by atoms with Gasteiger partial charge >= 0.3 is 5.69 Å². The molecule has 0 aliphatic heterocycles. The second-order valence-electron chi connectivity index (χ2n) is 6.67. The lowest BCUT2D eigenvalue weighted by Crippen LogP contribution is -2.39. The summed E-state index contributed by atoms with van der Waals surface area (Å²) in [6.45, 7) is 4.43. The second kappa shape index (κ2) is 6.92. The molecule has 142 valence electrons. The topological polar surface area (TPSA) is 61.8 Å². The van der Waals surface area contributed by atoms with Gasteiger partial charge in [-0.15, -0.1) is 0 Å². The first-order chi connectivity index (χ1) is 13.5. The molecule has 0 spiro atoms. The van der Waals surface area contributed by atoms with E-state index in [-0.39, 0.29) is 17.8 Å². The zero-order valence-corrected chi connectivity index (χ0v) is 15.6. The fourth-order valence-electron chi connectivity index (χ4n) is 3.29. The maximum atomic E-state index is 13.3. The van der Waals surface area contributed by atoms with Crippen LogP contribution in [0.3, 0.4) is 0 Å². The van der Waals surface area contributed by atoms with E-state index in [2.05, 4.69) is 4.98 Å². The number of hydrogen-bond donors (Lipinski definition) is 0. The number of hydrogen-bond acceptors (Lipinski definition) is 3. The molecule has 6 nitrogen and oxygen atoms in total. The average Bonchev–Trinajstić information content (AvgIpc) is 3.09. The lowest BCUT2D eigenvalue weighted by atomic mass is 10.1. The van der Waals surface area contributed by atoms with Crippen molar-refractivity contribution in [3.8, 4) is 5.69 Å². The lowest BCUT2D eigenvalue weighted by Gasteiger charge is -2.11. The Kier molecular flexibility index (Phi) is 4.43. The normalized spacial score (nSPS) is 11.2. The molecule has 2 aromatic carbocycles. The van der Waals surface area contributed by atoms with Crippen molar-refractivity contribution in [2.45, 2.75) is 26.9 Å². The summed E-state index contributed by atoms with van der Waals surface area (Å²) in [5.74, 6) is -0.401. The van der Waals surface area contributed by atoms with Gasteiger partial charge in [0.05, 0.1) is 12.0 Å². The fraction of sp³-hybridized carbons (Fsp3) is 0.190. The van der Waals surface area contributed by atoms with Crippen LogP contribution in [0.4, 0.5) is 4.39 Å². The first kappa shape index (κ1) is 17.9. The van der Waals surface area contributed by atoms with Crippen molar-refractivity contribution in [3.05, 3.63) is 92.6 Å². The second-order valence-corrected chi connectivity index (χ2v) is 6.67. The SMILES string of the molecule is CCn1c(=O)c2c(ncn2Cc2ccc(C)cc2)n(-c2ccc(F)cc2)c1=O. The van der Waals surface area contributed by atoms with Crippen LogP contribution in [0.25, 0.3) is 16.9 Å². The summed E-state index contributed by atoms with van der Waals surface area (Å²) in [7, 11) is 0. The van der Waals surface area contributed by atoms with Gasteiger partial charge in [-0.05, 0) is 43.7 Å². The summed E-state index contributed by atoms with van der Waals surface area (Å²) in [4.78, 5) is 30.2. The number of fused-ring (bicyclic) bond motifs is 1. The molecule has 0 fully saturated rings. The third-order valence-electron chi connectivity index (χ3n) is 4.77. The Morgan fingerprint density at radius 3 is 2.32 bits per heavy atom. The molecule has 0 radical (unpaired) electrons. The highest BCUT2D eigenvalue weighted by atomic mass is 19.1. The van der Waals surface area contributed by atoms with Gasteiger partial charge in [0.1, 0.15) is 5.82 Å². The maximum Gasteiger partial charge on any atom is 0.337 e. The van der Waals surface area contributed by atoms with E-state index in [1.807, 2.05) is 31.2 Å². The highest BCUT2D eigenvalue weighted by molar-refractivity contribution is 5.72. The molecule has 28 heavy (non-hydrogen) atoms. The van der Waals surface area contributed by atoms with Gasteiger partial charge in [0.25, 0.3) is 5.56 Å². The van der Waals surface area contributed by atoms with E-state index in [1.165, 1.54) is 33.4 Å². The number of aromatic nitrogens is 4. The Morgan fingerprint density at radius 1 is 1.00 bits per heavy atom. The molecule has 0 saturated heterocycles. The Hall–Kier alpha value is -3.48. The summed E-state index contributed by atoms with van der Waals surface area (Å²) in [5, 5.41) is 0. The van der Waals surface area contributed by atoms with Gasteiger partial charge in [-0.25, -0.2) is 18.7 Å². The highest BCUT2D eigenvalue weighted by Crippen LogP contribution is 2.15. The van der Waals surface area contributed by atoms with Crippen LogP contribution in [0.2, 0.25) is 0 Å². The van der Waals surface area contributed by atoms with Crippen molar-refractivity contribution < 1.29 is 4.39 Å². The van der Waals surface area contributed by atoms with Crippen LogP contribution in [0.15, 0.2) is 64.4 Å². The molecule has 0 N–H and O–H groups in total. The molecule has 0 aliphatic carbocycles. The van der Waals surface area contributed by atoms with Gasteiger partial charge in [0.2, 0.25) is 0 Å². The molecule has 0 unspecified atom stereocenters. The summed E-state index contributed by atoms with van der Waals surface area (Å²) >= 11 is 0. The van der Waals surface area contributed by atoms with Gasteiger partial charge < -0.3 is 4.57 Å². The van der Waals surface area contributed by atoms with Crippen LogP contribution in [-0.4, -0.2) is 18.7 Å². The monoisotopic (exact) mass is 378 g/mol. The van der Waals surface area contributed by atoms with Crippen LogP contribution in [-0.2, 0) is 13.1 Å². The largest absolute Gasteiger partial charge is 0.337 e. The number of rotatable bonds is 4. The van der Waals surface area contributed by atoms with Crippen LogP contribution in [0, 0.1) is 12.7 Å². The molecule has 2 aromatic heterocycles. The lowest BCUT2D eigenvalue weighted by molar-refractivity contribution is 0.626. The van der Waals surface area contributed by atoms with Gasteiger partial charge in [-0.2, -0.15) is 0 Å². The Labute approximate surface area is 160 Å². The third kappa shape index (κ3) is 2.94. The van der Waals surface area contributed by atoms with Gasteiger partial charge in [0.15, 0.2) is 11.2 Å². The first-order valence-corrected chi connectivity index (χ1v) is 9.01. The Bertz CT molecular complexity index is 1270. The number of aryl methyl sites for hydroxylation is 1. The van der Waals surface area contributed by atoms with Crippen molar-refractivity contribution in [2.24, 2.45) is 0 Å². The van der Waals surface area contributed by atoms with E-state index in [0.29, 0.717) is 17.7 Å². The third-order valence-corrected chi connectivity index (χ3v) is 4.77. The molecule has 0 bridgehead atoms. The van der Waals surface area contributed by atoms with E-state index in [4.69, 9.17) is 0 Å². The van der Waals surface area contributed by atoms with Crippen molar-refractivity contribution in [1.29, 1.82) is 0 Å². The molecule has 0 saturated carbocycles. The molecule has 4 aromatic rings. The van der Waals surface area contributed by atoms with E-state index in [0.717, 1.165) is 11.1 Å². The Balaban J connectivity index is 1.97. The zero-order valence-electron chi connectivity index (χ0n) is 15.6. The minimum absolute atomic E-state index is 0.227. The summed E-state index contributed by atoms with van der Waals surface area (Å²) in [5.41, 5.74) is 2.35. The minimum atomic E-state index is -0.493. The van der Waals surface area contributed by atoms with Gasteiger partial charge in [0, 0.05) is 13.1 Å². The van der Waals surface area contributed by atoms with Crippen LogP contribution >= 0.6 is 0 Å². The molecule has 7 heteroatoms. The standard InChI is InChI=1S/C21H19FN4O2/c1-3-25-20(27)18-19(26(21(25)28)17-10-8-16(22)9-11-17)23-13-24(18)12-15-6-4-14(2)5-7-15/h4-11,13H,3,12H2,1-2H3. The zero-order chi connectivity index (χ0) is 19.8. The Morgan fingerprint density at radius 2 is 1.68 bits per heavy atom. The summed E-state index contributed by atoms with van der Waals surface area (Å²) < 4.78 is 17.6. The molecule has 4 rings (SSSR count). The molecule has 0 aliphatic rings. The quantitative estimate of drug-likeness (QED) is 0.549. The van der Waals surface area contributed by atoms with Crippen molar-refractivity contribution in [1.82, 2.24) is 18.7 Å². The van der Waals surface area contributed by atoms with Gasteiger partial charge in [-0.1, -0.05) is 29.8 Å². The first-order valence-electron chi connectivity index (χ1n) is 9.01. The van der Waals surface area contributed by atoms with E-state index in [1.54, 1.807) is 17.8 Å². The number of nitrogens with zero attached hydrogens (tertiary/aromatic N) is 4. The molecular weight excluding hydrogens is 359 g/mol. The number of benzene rings is 2. The number of halogens is 1. The summed E-state index contributed by atoms with van der Waals surface area (Å²) in [6.07, 6.45) is 1.56. The van der Waals surface area contributed by atoms with E-state index in [9.17, 15) is 14.0 Å². The predicted molar refractivity (Wildman–Crippen MR) is 106 cm³/mol. The van der Waals surface area contributed by atoms with Crippen LogP contribution in [0.5, 0.6) is 0 Å². The highest BCUT2D eigenvalue weighted by Gasteiger charge is 2.18. The van der Waals surface area contributed by atoms with Crippen molar-refractivity contribution in [3.63, 3.8) is 0 Å². The van der Waals surface area contributed by atoms with Crippen molar-refractivity contribution >= 4 is 11.2 Å².